The van der Waals surface area contributed by atoms with Gasteiger partial charge in [0.2, 0.25) is 5.78 Å². The maximum Gasteiger partial charge on any atom is 0.219 e. The van der Waals surface area contributed by atoms with E-state index in [1.807, 2.05) is 60.3 Å². The molecule has 7 rings (SSSR count). The summed E-state index contributed by atoms with van der Waals surface area (Å²) < 4.78 is -1.22. The number of nitrogens with zero attached hydrogens (tertiary/aromatic N) is 2. The van der Waals surface area contributed by atoms with E-state index in [1.165, 1.54) is 27.8 Å². The lowest BCUT2D eigenvalue weighted by Crippen LogP contribution is -2.34. The molecule has 0 saturated heterocycles. The van der Waals surface area contributed by atoms with Gasteiger partial charge in [0, 0.05) is 11.1 Å². The average molecular weight is 569 g/mol. The highest BCUT2D eigenvalue weighted by molar-refractivity contribution is 8.27. The first-order valence-corrected chi connectivity index (χ1v) is 15.3. The monoisotopic (exact) mass is 568 g/mol. The molecule has 0 aliphatic carbocycles. The number of hydrogen-bond acceptors (Lipinski definition) is 5. The quantitative estimate of drug-likeness (QED) is 0.198. The van der Waals surface area contributed by atoms with Crippen LogP contribution in [0.5, 0.6) is 0 Å². The minimum Gasteiger partial charge on any atom is -0.286 e. The van der Waals surface area contributed by atoms with Gasteiger partial charge in [0.05, 0.1) is 10.4 Å². The zero-order chi connectivity index (χ0) is 28.0. The third-order valence-corrected chi connectivity index (χ3v) is 11.1. The van der Waals surface area contributed by atoms with E-state index >= 15 is 0 Å². The Hall–Kier alpha value is -4.06. The minimum absolute atomic E-state index is 0.0605. The summed E-state index contributed by atoms with van der Waals surface area (Å²) in [5.74, 6) is -0.0605. The van der Waals surface area contributed by atoms with Crippen LogP contribution in [0.15, 0.2) is 139 Å². The van der Waals surface area contributed by atoms with Crippen molar-refractivity contribution in [1.82, 2.24) is 0 Å². The summed E-state index contributed by atoms with van der Waals surface area (Å²) in [6.07, 6.45) is 0. The molecule has 0 fully saturated rings. The van der Waals surface area contributed by atoms with Crippen molar-refractivity contribution in [3.63, 3.8) is 0 Å². The number of hydrogen-bond donors (Lipinski definition) is 0. The SMILES string of the molecule is Cc1ccc(C2(c3ccc(C)cc3)S[C@@]3(SC(C(=O)c4ccccc4)=NN3c3ccccc3)c3ccccc32)cc1. The van der Waals surface area contributed by atoms with E-state index in [9.17, 15) is 4.79 Å². The first-order chi connectivity index (χ1) is 20.0. The predicted molar refractivity (Wildman–Crippen MR) is 173 cm³/mol. The van der Waals surface area contributed by atoms with Crippen molar-refractivity contribution in [2.45, 2.75) is 22.8 Å². The molecule has 5 aromatic rings. The number of fused-ring (bicyclic) bond motifs is 2. The van der Waals surface area contributed by atoms with Crippen LogP contribution in [0.3, 0.4) is 0 Å². The molecule has 3 nitrogen and oxygen atoms in total. The van der Waals surface area contributed by atoms with Gasteiger partial charge in [0.15, 0.2) is 9.25 Å². The van der Waals surface area contributed by atoms with Gasteiger partial charge in [-0.3, -0.25) is 4.79 Å². The minimum atomic E-state index is -0.701. The Labute approximate surface area is 249 Å². The van der Waals surface area contributed by atoms with E-state index in [-0.39, 0.29) is 5.78 Å². The van der Waals surface area contributed by atoms with E-state index in [2.05, 4.69) is 104 Å². The van der Waals surface area contributed by atoms with Crippen molar-refractivity contribution >= 4 is 40.0 Å². The van der Waals surface area contributed by atoms with Gasteiger partial charge >= 0.3 is 0 Å². The van der Waals surface area contributed by atoms with Crippen LogP contribution < -0.4 is 5.01 Å². The van der Waals surface area contributed by atoms with Gasteiger partial charge in [-0.2, -0.15) is 5.10 Å². The van der Waals surface area contributed by atoms with Crippen molar-refractivity contribution in [2.24, 2.45) is 5.10 Å². The maximum atomic E-state index is 13.9. The number of aryl methyl sites for hydroxylation is 2. The first-order valence-electron chi connectivity index (χ1n) is 13.7. The van der Waals surface area contributed by atoms with Crippen LogP contribution in [-0.4, -0.2) is 10.8 Å². The van der Waals surface area contributed by atoms with Gasteiger partial charge in [0.25, 0.3) is 0 Å². The molecule has 2 heterocycles. The molecule has 1 spiro atoms. The Balaban J connectivity index is 1.48. The van der Waals surface area contributed by atoms with Crippen LogP contribution >= 0.6 is 23.5 Å². The fraction of sp³-hybridized carbons (Fsp3) is 0.111. The number of rotatable bonds is 5. The van der Waals surface area contributed by atoms with Gasteiger partial charge < -0.3 is 0 Å². The number of ketones is 1. The van der Waals surface area contributed by atoms with Crippen molar-refractivity contribution in [1.29, 1.82) is 0 Å². The number of anilines is 1. The number of thioether (sulfide) groups is 2. The maximum absolute atomic E-state index is 13.9. The molecule has 5 heteroatoms. The normalized spacial score (nSPS) is 18.8. The molecule has 0 unspecified atom stereocenters. The standard InChI is InChI=1S/C36H28N2OS2/c1-25-17-21-28(22-18-25)35(29-23-19-26(2)20-24-29)31-15-9-10-16-32(31)36(41-35)38(30-13-7-4-8-14-30)37-34(40-36)33(39)27-11-5-3-6-12-27/h3-24H,1-2H3/t36-/m0/s1. The highest BCUT2D eigenvalue weighted by atomic mass is 32.2. The Morgan fingerprint density at radius 1 is 0.634 bits per heavy atom. The molecule has 0 aromatic heterocycles. The second kappa shape index (κ2) is 10.1. The lowest BCUT2D eigenvalue weighted by Gasteiger charge is -2.37. The fourth-order valence-electron chi connectivity index (χ4n) is 5.74. The van der Waals surface area contributed by atoms with E-state index in [1.54, 1.807) is 11.8 Å². The van der Waals surface area contributed by atoms with E-state index in [0.717, 1.165) is 11.3 Å². The highest BCUT2D eigenvalue weighted by Gasteiger charge is 2.61. The summed E-state index contributed by atoms with van der Waals surface area (Å²) in [7, 11) is 0. The topological polar surface area (TPSA) is 32.7 Å². The number of para-hydroxylation sites is 1. The van der Waals surface area contributed by atoms with Gasteiger partial charge in [-0.15, -0.1) is 0 Å². The molecule has 0 amide bonds. The number of carbonyl (C=O) groups excluding carboxylic acids is 1. The molecule has 2 aliphatic heterocycles. The molecule has 2 aliphatic rings. The van der Waals surface area contributed by atoms with Crippen molar-refractivity contribution in [3.8, 4) is 0 Å². The van der Waals surface area contributed by atoms with Crippen molar-refractivity contribution < 1.29 is 4.79 Å². The zero-order valence-electron chi connectivity index (χ0n) is 22.8. The zero-order valence-corrected chi connectivity index (χ0v) is 24.5. The number of hydrazone groups is 1. The second-order valence-electron chi connectivity index (χ2n) is 10.5. The molecule has 5 aromatic carbocycles. The van der Waals surface area contributed by atoms with Crippen LogP contribution in [0.2, 0.25) is 0 Å². The Kier molecular flexibility index (Phi) is 6.37. The van der Waals surface area contributed by atoms with Crippen LogP contribution in [0.25, 0.3) is 0 Å². The van der Waals surface area contributed by atoms with E-state index < -0.39 is 8.95 Å². The van der Waals surface area contributed by atoms with Gasteiger partial charge in [-0.25, -0.2) is 5.01 Å². The highest BCUT2D eigenvalue weighted by Crippen LogP contribution is 2.71. The third kappa shape index (κ3) is 4.14. The second-order valence-corrected chi connectivity index (χ2v) is 13.3. The van der Waals surface area contributed by atoms with Crippen molar-refractivity contribution in [2.75, 3.05) is 5.01 Å². The molecule has 0 radical (unpaired) electrons. The molecule has 1 atom stereocenters. The lowest BCUT2D eigenvalue weighted by atomic mass is 9.81. The summed E-state index contributed by atoms with van der Waals surface area (Å²) in [6.45, 7) is 4.25. The Morgan fingerprint density at radius 3 is 1.73 bits per heavy atom. The van der Waals surface area contributed by atoms with Gasteiger partial charge in [-0.05, 0) is 42.7 Å². The smallest absolute Gasteiger partial charge is 0.219 e. The number of Topliss-reactive ketones (excluding diaryl/α,β-unsaturated/α-hetero) is 1. The largest absolute Gasteiger partial charge is 0.286 e. The molecular weight excluding hydrogens is 541 g/mol. The average Bonchev–Trinajstić information content (AvgIpc) is 3.55. The van der Waals surface area contributed by atoms with Gasteiger partial charge in [0.1, 0.15) is 0 Å². The first kappa shape index (κ1) is 25.9. The fourth-order valence-corrected chi connectivity index (χ4v) is 9.37. The summed E-state index contributed by atoms with van der Waals surface area (Å²) in [5, 5.41) is 7.65. The van der Waals surface area contributed by atoms with E-state index in [4.69, 9.17) is 5.10 Å². The predicted octanol–water partition coefficient (Wildman–Crippen LogP) is 8.90. The summed E-state index contributed by atoms with van der Waals surface area (Å²) in [6, 6.07) is 46.1. The van der Waals surface area contributed by atoms with Gasteiger partial charge in [-0.1, -0.05) is 156 Å². The molecule has 0 saturated carbocycles. The van der Waals surface area contributed by atoms with Crippen LogP contribution in [0.4, 0.5) is 5.69 Å². The number of benzene rings is 5. The Morgan fingerprint density at radius 2 is 1.15 bits per heavy atom. The van der Waals surface area contributed by atoms with Crippen LogP contribution in [0.1, 0.15) is 43.7 Å². The van der Waals surface area contributed by atoms with Crippen LogP contribution in [0, 0.1) is 13.8 Å². The Bertz CT molecular complexity index is 1720. The molecular formula is C36H28N2OS2. The van der Waals surface area contributed by atoms with Crippen LogP contribution in [-0.2, 0) is 8.95 Å². The molecule has 0 N–H and O–H groups in total. The molecule has 0 bridgehead atoms. The molecule has 200 valence electrons. The summed E-state index contributed by atoms with van der Waals surface area (Å²) in [5.41, 5.74) is 8.81. The lowest BCUT2D eigenvalue weighted by molar-refractivity contribution is 0.106. The summed E-state index contributed by atoms with van der Waals surface area (Å²) in [4.78, 5) is 13.9. The number of carbonyl (C=O) groups is 1. The van der Waals surface area contributed by atoms with Crippen molar-refractivity contribution in [3.05, 3.63) is 172 Å². The summed E-state index contributed by atoms with van der Waals surface area (Å²) >= 11 is 3.41. The molecule has 41 heavy (non-hydrogen) atoms. The third-order valence-electron chi connectivity index (χ3n) is 7.79. The van der Waals surface area contributed by atoms with E-state index in [0.29, 0.717) is 10.6 Å².